The summed E-state index contributed by atoms with van der Waals surface area (Å²) >= 11 is 0. The summed E-state index contributed by atoms with van der Waals surface area (Å²) in [5.74, 6) is 0. The molecular weight excluding hydrogens is 212 g/mol. The number of rotatable bonds is 6. The molecule has 94 valence electrons. The van der Waals surface area contributed by atoms with Crippen molar-refractivity contribution in [3.05, 3.63) is 29.6 Å². The van der Waals surface area contributed by atoms with Gasteiger partial charge in [-0.1, -0.05) is 12.5 Å². The third-order valence-electron chi connectivity index (χ3n) is 3.51. The van der Waals surface area contributed by atoms with Gasteiger partial charge in [-0.25, -0.2) is 0 Å². The third-order valence-corrected chi connectivity index (χ3v) is 3.51. The second kappa shape index (κ2) is 6.12. The summed E-state index contributed by atoms with van der Waals surface area (Å²) in [5, 5.41) is 8.96. The fourth-order valence-corrected chi connectivity index (χ4v) is 2.31. The second-order valence-corrected chi connectivity index (χ2v) is 4.90. The van der Waals surface area contributed by atoms with Crippen LogP contribution in [0.4, 0.5) is 0 Å². The van der Waals surface area contributed by atoms with Crippen molar-refractivity contribution in [2.45, 2.75) is 45.2 Å². The Hall–Kier alpha value is -0.930. The second-order valence-electron chi connectivity index (χ2n) is 4.90. The molecule has 3 nitrogen and oxygen atoms in total. The van der Waals surface area contributed by atoms with Crippen molar-refractivity contribution in [3.63, 3.8) is 0 Å². The van der Waals surface area contributed by atoms with Gasteiger partial charge in [-0.15, -0.1) is 0 Å². The SMILES string of the molecule is Cc1cccc(CN(CCCO)C2CCC2)n1. The molecule has 0 radical (unpaired) electrons. The largest absolute Gasteiger partial charge is 0.396 e. The van der Waals surface area contributed by atoms with E-state index in [0.29, 0.717) is 6.04 Å². The molecule has 1 aliphatic carbocycles. The first-order chi connectivity index (χ1) is 8.29. The Balaban J connectivity index is 1.95. The van der Waals surface area contributed by atoms with Crippen LogP contribution >= 0.6 is 0 Å². The van der Waals surface area contributed by atoms with Gasteiger partial charge in [0.25, 0.3) is 0 Å². The Labute approximate surface area is 103 Å². The minimum Gasteiger partial charge on any atom is -0.396 e. The van der Waals surface area contributed by atoms with Gasteiger partial charge in [0.2, 0.25) is 0 Å². The number of aryl methyl sites for hydroxylation is 1. The number of hydrogen-bond acceptors (Lipinski definition) is 3. The molecule has 3 heteroatoms. The molecule has 1 heterocycles. The quantitative estimate of drug-likeness (QED) is 0.819. The van der Waals surface area contributed by atoms with Crippen molar-refractivity contribution < 1.29 is 5.11 Å². The molecule has 0 atom stereocenters. The fourth-order valence-electron chi connectivity index (χ4n) is 2.31. The van der Waals surface area contributed by atoms with E-state index in [0.717, 1.165) is 30.9 Å². The number of nitrogens with zero attached hydrogens (tertiary/aromatic N) is 2. The summed E-state index contributed by atoms with van der Waals surface area (Å²) in [5.41, 5.74) is 2.23. The number of aliphatic hydroxyl groups is 1. The van der Waals surface area contributed by atoms with Gasteiger partial charge in [0.1, 0.15) is 0 Å². The Bertz CT molecular complexity index is 350. The molecular formula is C14H22N2O. The van der Waals surface area contributed by atoms with Crippen molar-refractivity contribution >= 4 is 0 Å². The van der Waals surface area contributed by atoms with Gasteiger partial charge in [0.15, 0.2) is 0 Å². The number of hydrogen-bond donors (Lipinski definition) is 1. The highest BCUT2D eigenvalue weighted by molar-refractivity contribution is 5.10. The summed E-state index contributed by atoms with van der Waals surface area (Å²) in [4.78, 5) is 7.03. The minimum absolute atomic E-state index is 0.282. The molecule has 17 heavy (non-hydrogen) atoms. The molecule has 1 saturated carbocycles. The van der Waals surface area contributed by atoms with Gasteiger partial charge in [-0.3, -0.25) is 9.88 Å². The first-order valence-corrected chi connectivity index (χ1v) is 6.57. The van der Waals surface area contributed by atoms with Crippen molar-refractivity contribution in [1.82, 2.24) is 9.88 Å². The van der Waals surface area contributed by atoms with Crippen LogP contribution in [0.5, 0.6) is 0 Å². The topological polar surface area (TPSA) is 36.4 Å². The van der Waals surface area contributed by atoms with E-state index < -0.39 is 0 Å². The van der Waals surface area contributed by atoms with E-state index in [-0.39, 0.29) is 6.61 Å². The fraction of sp³-hybridized carbons (Fsp3) is 0.643. The van der Waals surface area contributed by atoms with E-state index in [1.165, 1.54) is 19.3 Å². The van der Waals surface area contributed by atoms with E-state index in [1.54, 1.807) is 0 Å². The van der Waals surface area contributed by atoms with Crippen molar-refractivity contribution in [2.75, 3.05) is 13.2 Å². The first kappa shape index (κ1) is 12.5. The van der Waals surface area contributed by atoms with Gasteiger partial charge in [-0.05, 0) is 38.3 Å². The summed E-state index contributed by atoms with van der Waals surface area (Å²) in [6.45, 7) is 4.22. The molecule has 1 aromatic heterocycles. The van der Waals surface area contributed by atoms with Gasteiger partial charge >= 0.3 is 0 Å². The standard InChI is InChI=1S/C14H22N2O/c1-12-5-2-6-13(15-12)11-16(9-4-10-17)14-7-3-8-14/h2,5-6,14,17H,3-4,7-11H2,1H3. The van der Waals surface area contributed by atoms with Crippen molar-refractivity contribution in [3.8, 4) is 0 Å². The highest BCUT2D eigenvalue weighted by Crippen LogP contribution is 2.26. The minimum atomic E-state index is 0.282. The Kier molecular flexibility index (Phi) is 4.51. The zero-order valence-electron chi connectivity index (χ0n) is 10.6. The molecule has 1 aromatic rings. The van der Waals surface area contributed by atoms with Crippen LogP contribution in [0.2, 0.25) is 0 Å². The van der Waals surface area contributed by atoms with Gasteiger partial charge < -0.3 is 5.11 Å². The molecule has 1 fully saturated rings. The van der Waals surface area contributed by atoms with Crippen LogP contribution in [0.15, 0.2) is 18.2 Å². The van der Waals surface area contributed by atoms with E-state index >= 15 is 0 Å². The zero-order chi connectivity index (χ0) is 12.1. The van der Waals surface area contributed by atoms with Gasteiger partial charge in [0.05, 0.1) is 5.69 Å². The lowest BCUT2D eigenvalue weighted by atomic mass is 9.91. The molecule has 2 rings (SSSR count). The highest BCUT2D eigenvalue weighted by Gasteiger charge is 2.24. The number of pyridine rings is 1. The number of aromatic nitrogens is 1. The lowest BCUT2D eigenvalue weighted by Crippen LogP contribution is -2.40. The molecule has 0 aromatic carbocycles. The maximum atomic E-state index is 8.96. The molecule has 1 N–H and O–H groups in total. The third kappa shape index (κ3) is 3.51. The summed E-state index contributed by atoms with van der Waals surface area (Å²) < 4.78 is 0. The number of aliphatic hydroxyl groups excluding tert-OH is 1. The molecule has 0 spiro atoms. The van der Waals surface area contributed by atoms with Gasteiger partial charge in [0, 0.05) is 31.4 Å². The highest BCUT2D eigenvalue weighted by atomic mass is 16.3. The smallest absolute Gasteiger partial charge is 0.0547 e. The first-order valence-electron chi connectivity index (χ1n) is 6.57. The molecule has 0 saturated heterocycles. The van der Waals surface area contributed by atoms with Crippen LogP contribution in [-0.4, -0.2) is 34.2 Å². The summed E-state index contributed by atoms with van der Waals surface area (Å²) in [6, 6.07) is 6.91. The van der Waals surface area contributed by atoms with Crippen LogP contribution in [0.25, 0.3) is 0 Å². The summed E-state index contributed by atoms with van der Waals surface area (Å²) in [6.07, 6.45) is 4.82. The van der Waals surface area contributed by atoms with E-state index in [4.69, 9.17) is 5.11 Å². The van der Waals surface area contributed by atoms with Crippen LogP contribution in [0.3, 0.4) is 0 Å². The maximum Gasteiger partial charge on any atom is 0.0547 e. The Morgan fingerprint density at radius 1 is 1.41 bits per heavy atom. The molecule has 0 bridgehead atoms. The molecule has 1 aliphatic rings. The van der Waals surface area contributed by atoms with E-state index in [1.807, 2.05) is 13.0 Å². The van der Waals surface area contributed by atoms with Gasteiger partial charge in [-0.2, -0.15) is 0 Å². The van der Waals surface area contributed by atoms with E-state index in [2.05, 4.69) is 22.0 Å². The van der Waals surface area contributed by atoms with Crippen molar-refractivity contribution in [2.24, 2.45) is 0 Å². The Morgan fingerprint density at radius 3 is 2.82 bits per heavy atom. The predicted octanol–water partition coefficient (Wildman–Crippen LogP) is 2.13. The normalized spacial score (nSPS) is 16.2. The average Bonchev–Trinajstić information content (AvgIpc) is 2.23. The molecule has 0 amide bonds. The zero-order valence-corrected chi connectivity index (χ0v) is 10.6. The monoisotopic (exact) mass is 234 g/mol. The maximum absolute atomic E-state index is 8.96. The van der Waals surface area contributed by atoms with Crippen LogP contribution < -0.4 is 0 Å². The molecule has 0 aliphatic heterocycles. The molecule has 0 unspecified atom stereocenters. The lowest BCUT2D eigenvalue weighted by Gasteiger charge is -2.37. The predicted molar refractivity (Wildman–Crippen MR) is 68.7 cm³/mol. The van der Waals surface area contributed by atoms with Crippen LogP contribution in [-0.2, 0) is 6.54 Å². The van der Waals surface area contributed by atoms with E-state index in [9.17, 15) is 0 Å². The Morgan fingerprint density at radius 2 is 2.24 bits per heavy atom. The van der Waals surface area contributed by atoms with Crippen molar-refractivity contribution in [1.29, 1.82) is 0 Å². The average molecular weight is 234 g/mol. The van der Waals surface area contributed by atoms with Crippen LogP contribution in [0.1, 0.15) is 37.1 Å². The summed E-state index contributed by atoms with van der Waals surface area (Å²) in [7, 11) is 0. The van der Waals surface area contributed by atoms with Crippen LogP contribution in [0, 0.1) is 6.92 Å². The lowest BCUT2D eigenvalue weighted by molar-refractivity contribution is 0.108.